The molecule has 0 atom stereocenters. The summed E-state index contributed by atoms with van der Waals surface area (Å²) < 4.78 is 9.87. The highest BCUT2D eigenvalue weighted by molar-refractivity contribution is 6.39. The molecule has 1 N–H and O–H groups in total. The molecule has 0 amide bonds. The van der Waals surface area contributed by atoms with E-state index in [0.29, 0.717) is 18.8 Å². The summed E-state index contributed by atoms with van der Waals surface area (Å²) in [5, 5.41) is 9.91. The molecule has 0 unspecified atom stereocenters. The molecule has 1 saturated heterocycles. The number of ether oxygens (including phenoxy) is 2. The number of ketones is 1. The highest BCUT2D eigenvalue weighted by atomic mass is 16.5. The second-order valence-electron chi connectivity index (χ2n) is 4.76. The Morgan fingerprint density at radius 3 is 2.50 bits per heavy atom. The number of aliphatic hydroxyl groups is 1. The molecular formula is C16H19NO5. The van der Waals surface area contributed by atoms with E-state index < -0.39 is 11.8 Å². The largest absolute Gasteiger partial charge is 0.507 e. The quantitative estimate of drug-likeness (QED) is 0.385. The third-order valence-corrected chi connectivity index (χ3v) is 3.28. The first-order chi connectivity index (χ1) is 10.6. The number of carbonyl (C=O) groups is 2. The fraction of sp³-hybridized carbons (Fsp3) is 0.375. The van der Waals surface area contributed by atoms with Crippen LogP contribution in [0.1, 0.15) is 12.5 Å². The minimum Gasteiger partial charge on any atom is -0.507 e. The van der Waals surface area contributed by atoms with E-state index >= 15 is 0 Å². The number of hydrogen-bond donors (Lipinski definition) is 1. The molecule has 118 valence electrons. The molecule has 0 radical (unpaired) electrons. The molecule has 1 aliphatic heterocycles. The summed E-state index contributed by atoms with van der Waals surface area (Å²) in [6.45, 7) is 4.76. The lowest BCUT2D eigenvalue weighted by molar-refractivity contribution is -0.151. The van der Waals surface area contributed by atoms with E-state index in [0.717, 1.165) is 24.9 Å². The molecule has 1 aromatic carbocycles. The predicted octanol–water partition coefficient (Wildman–Crippen LogP) is 1.55. The molecule has 0 aromatic heterocycles. The van der Waals surface area contributed by atoms with Gasteiger partial charge in [-0.25, -0.2) is 4.79 Å². The zero-order chi connectivity index (χ0) is 15.9. The highest BCUT2D eigenvalue weighted by Crippen LogP contribution is 2.19. The standard InChI is InChI=1S/C16H19NO5/c1-2-22-16(20)15(19)11-14(18)12-3-5-13(6-4-12)17-7-9-21-10-8-17/h3-6,11,18H,2,7-10H2,1H3. The predicted molar refractivity (Wildman–Crippen MR) is 81.7 cm³/mol. The third-order valence-electron chi connectivity index (χ3n) is 3.28. The topological polar surface area (TPSA) is 76.1 Å². The van der Waals surface area contributed by atoms with Crippen molar-refractivity contribution in [2.24, 2.45) is 0 Å². The Hall–Kier alpha value is -2.34. The van der Waals surface area contributed by atoms with Crippen molar-refractivity contribution in [3.05, 3.63) is 35.9 Å². The number of aliphatic hydroxyl groups excluding tert-OH is 1. The van der Waals surface area contributed by atoms with Crippen molar-refractivity contribution in [1.29, 1.82) is 0 Å². The molecule has 6 nitrogen and oxygen atoms in total. The van der Waals surface area contributed by atoms with Gasteiger partial charge in [0.05, 0.1) is 19.8 Å². The maximum absolute atomic E-state index is 11.5. The summed E-state index contributed by atoms with van der Waals surface area (Å²) in [6.07, 6.45) is 0.877. The zero-order valence-corrected chi connectivity index (χ0v) is 12.4. The van der Waals surface area contributed by atoms with Crippen LogP contribution in [0.25, 0.3) is 5.76 Å². The molecule has 1 aliphatic rings. The van der Waals surface area contributed by atoms with Crippen LogP contribution in [0.3, 0.4) is 0 Å². The first-order valence-electron chi connectivity index (χ1n) is 7.16. The van der Waals surface area contributed by atoms with Crippen molar-refractivity contribution >= 4 is 23.2 Å². The number of esters is 1. The molecule has 0 aliphatic carbocycles. The molecule has 0 bridgehead atoms. The molecule has 6 heteroatoms. The second-order valence-corrected chi connectivity index (χ2v) is 4.76. The number of hydrogen-bond acceptors (Lipinski definition) is 6. The monoisotopic (exact) mass is 305 g/mol. The minimum atomic E-state index is -0.973. The number of rotatable bonds is 5. The molecule has 0 spiro atoms. The fourth-order valence-corrected chi connectivity index (χ4v) is 2.13. The van der Waals surface area contributed by atoms with Gasteiger partial charge in [-0.2, -0.15) is 0 Å². The van der Waals surface area contributed by atoms with Crippen LogP contribution in [0.2, 0.25) is 0 Å². The van der Waals surface area contributed by atoms with Crippen molar-refractivity contribution in [3.8, 4) is 0 Å². The van der Waals surface area contributed by atoms with Crippen LogP contribution in [0, 0.1) is 0 Å². The number of nitrogens with zero attached hydrogens (tertiary/aromatic N) is 1. The van der Waals surface area contributed by atoms with Gasteiger partial charge >= 0.3 is 5.97 Å². The van der Waals surface area contributed by atoms with E-state index in [1.54, 1.807) is 19.1 Å². The van der Waals surface area contributed by atoms with Crippen molar-refractivity contribution in [2.45, 2.75) is 6.92 Å². The highest BCUT2D eigenvalue weighted by Gasteiger charge is 2.14. The SMILES string of the molecule is CCOC(=O)C(=O)C=C(O)c1ccc(N2CCOCC2)cc1. The Bertz CT molecular complexity index is 558. The number of benzene rings is 1. The number of morpholine rings is 1. The summed E-state index contributed by atoms with van der Waals surface area (Å²) in [6, 6.07) is 7.13. The van der Waals surface area contributed by atoms with Crippen molar-refractivity contribution < 1.29 is 24.2 Å². The maximum atomic E-state index is 11.5. The number of carbonyl (C=O) groups excluding carboxylic acids is 2. The summed E-state index contributed by atoms with van der Waals surface area (Å²) in [7, 11) is 0. The molecular weight excluding hydrogens is 286 g/mol. The average Bonchev–Trinajstić information content (AvgIpc) is 2.56. The molecule has 1 fully saturated rings. The Balaban J connectivity index is 2.05. The Kier molecular flexibility index (Phi) is 5.55. The smallest absolute Gasteiger partial charge is 0.379 e. The van der Waals surface area contributed by atoms with Crippen LogP contribution in [0.15, 0.2) is 30.3 Å². The summed E-state index contributed by atoms with van der Waals surface area (Å²) >= 11 is 0. The van der Waals surface area contributed by atoms with Gasteiger partial charge in [0.2, 0.25) is 0 Å². The fourth-order valence-electron chi connectivity index (χ4n) is 2.13. The summed E-state index contributed by atoms with van der Waals surface area (Å²) in [5.74, 6) is -2.11. The van der Waals surface area contributed by atoms with E-state index in [-0.39, 0.29) is 12.4 Å². The van der Waals surface area contributed by atoms with Crippen molar-refractivity contribution in [2.75, 3.05) is 37.8 Å². The first kappa shape index (κ1) is 16.0. The Labute approximate surface area is 128 Å². The van der Waals surface area contributed by atoms with E-state index in [1.807, 2.05) is 12.1 Å². The van der Waals surface area contributed by atoms with Gasteiger partial charge in [0.15, 0.2) is 0 Å². The molecule has 0 saturated carbocycles. The van der Waals surface area contributed by atoms with Gasteiger partial charge in [0.1, 0.15) is 5.76 Å². The average molecular weight is 305 g/mol. The lowest BCUT2D eigenvalue weighted by atomic mass is 10.1. The third kappa shape index (κ3) is 4.08. The molecule has 22 heavy (non-hydrogen) atoms. The maximum Gasteiger partial charge on any atom is 0.379 e. The van der Waals surface area contributed by atoms with Gasteiger partial charge in [-0.15, -0.1) is 0 Å². The van der Waals surface area contributed by atoms with Gasteiger partial charge in [0.25, 0.3) is 5.78 Å². The summed E-state index contributed by atoms with van der Waals surface area (Å²) in [4.78, 5) is 24.9. The Morgan fingerprint density at radius 2 is 1.91 bits per heavy atom. The van der Waals surface area contributed by atoms with Crippen molar-refractivity contribution in [3.63, 3.8) is 0 Å². The second kappa shape index (κ2) is 7.61. The van der Waals surface area contributed by atoms with Crippen LogP contribution in [0.4, 0.5) is 5.69 Å². The summed E-state index contributed by atoms with van der Waals surface area (Å²) in [5.41, 5.74) is 1.49. The molecule has 2 rings (SSSR count). The van der Waals surface area contributed by atoms with Gasteiger partial charge in [0, 0.05) is 30.4 Å². The number of anilines is 1. The van der Waals surface area contributed by atoms with E-state index in [9.17, 15) is 14.7 Å². The molecule has 1 aromatic rings. The van der Waals surface area contributed by atoms with Crippen LogP contribution in [-0.4, -0.2) is 49.8 Å². The molecule has 1 heterocycles. The van der Waals surface area contributed by atoms with Gasteiger partial charge in [-0.3, -0.25) is 4.79 Å². The van der Waals surface area contributed by atoms with Crippen LogP contribution in [-0.2, 0) is 19.1 Å². The van der Waals surface area contributed by atoms with Gasteiger partial charge in [-0.05, 0) is 31.2 Å². The van der Waals surface area contributed by atoms with E-state index in [4.69, 9.17) is 4.74 Å². The lowest BCUT2D eigenvalue weighted by Crippen LogP contribution is -2.36. The lowest BCUT2D eigenvalue weighted by Gasteiger charge is -2.28. The van der Waals surface area contributed by atoms with Crippen LogP contribution < -0.4 is 4.90 Å². The van der Waals surface area contributed by atoms with E-state index in [1.165, 1.54) is 0 Å². The van der Waals surface area contributed by atoms with Crippen LogP contribution >= 0.6 is 0 Å². The van der Waals surface area contributed by atoms with Gasteiger partial charge in [-0.1, -0.05) is 0 Å². The van der Waals surface area contributed by atoms with E-state index in [2.05, 4.69) is 9.64 Å². The minimum absolute atomic E-state index is 0.118. The Morgan fingerprint density at radius 1 is 1.27 bits per heavy atom. The normalized spacial score (nSPS) is 15.5. The van der Waals surface area contributed by atoms with Crippen molar-refractivity contribution in [1.82, 2.24) is 0 Å². The zero-order valence-electron chi connectivity index (χ0n) is 12.4. The van der Waals surface area contributed by atoms with Gasteiger partial charge < -0.3 is 19.5 Å². The van der Waals surface area contributed by atoms with Crippen LogP contribution in [0.5, 0.6) is 0 Å². The first-order valence-corrected chi connectivity index (χ1v) is 7.16.